The number of phenolic OH excluding ortho intramolecular Hbond substituents is 1. The van der Waals surface area contributed by atoms with Gasteiger partial charge in [-0.1, -0.05) is 59.9 Å². The van der Waals surface area contributed by atoms with E-state index in [0.29, 0.717) is 37.7 Å². The fourth-order valence-electron chi connectivity index (χ4n) is 4.52. The van der Waals surface area contributed by atoms with Crippen LogP contribution in [0.25, 0.3) is 11.8 Å². The van der Waals surface area contributed by atoms with E-state index in [2.05, 4.69) is 0 Å². The Balaban J connectivity index is 1.81. The standard InChI is InChI=1S/C30H26N2O6S/c1-4-38-29(35)25-26(19-9-6-5-7-10-19)31-30-32(27(25)20-11-8-12-21(17-20)36-2)28(34)24(39-30)16-18-13-14-23(37-3)22(33)15-18/h5-17,27,33H,4H2,1-3H3/b24-16+/t27-/m1/s1. The molecule has 0 unspecified atom stereocenters. The second-order valence-corrected chi connectivity index (χ2v) is 9.65. The summed E-state index contributed by atoms with van der Waals surface area (Å²) in [6.45, 7) is 1.90. The molecule has 0 saturated heterocycles. The molecule has 1 N–H and O–H groups in total. The summed E-state index contributed by atoms with van der Waals surface area (Å²) in [7, 11) is 3.03. The van der Waals surface area contributed by atoms with E-state index in [1.807, 2.05) is 42.5 Å². The molecule has 0 spiro atoms. The Bertz CT molecular complexity index is 1750. The molecule has 39 heavy (non-hydrogen) atoms. The summed E-state index contributed by atoms with van der Waals surface area (Å²) in [4.78, 5) is 32.7. The lowest BCUT2D eigenvalue weighted by molar-refractivity contribution is -0.138. The molecule has 4 aromatic rings. The van der Waals surface area contributed by atoms with E-state index in [9.17, 15) is 14.7 Å². The highest BCUT2D eigenvalue weighted by Gasteiger charge is 2.35. The summed E-state index contributed by atoms with van der Waals surface area (Å²) in [5, 5.41) is 10.2. The molecule has 0 saturated carbocycles. The number of benzene rings is 3. The van der Waals surface area contributed by atoms with Crippen molar-refractivity contribution in [1.82, 2.24) is 4.57 Å². The van der Waals surface area contributed by atoms with Crippen LogP contribution in [0.4, 0.5) is 0 Å². The van der Waals surface area contributed by atoms with Crippen molar-refractivity contribution in [3.63, 3.8) is 0 Å². The van der Waals surface area contributed by atoms with Crippen molar-refractivity contribution < 1.29 is 24.1 Å². The van der Waals surface area contributed by atoms with Crippen LogP contribution in [0.2, 0.25) is 0 Å². The largest absolute Gasteiger partial charge is 0.504 e. The molecule has 8 nitrogen and oxygen atoms in total. The molecule has 0 fully saturated rings. The highest BCUT2D eigenvalue weighted by molar-refractivity contribution is 7.07. The van der Waals surface area contributed by atoms with Gasteiger partial charge < -0.3 is 19.3 Å². The molecule has 1 aliphatic heterocycles. The van der Waals surface area contributed by atoms with E-state index >= 15 is 0 Å². The lowest BCUT2D eigenvalue weighted by atomic mass is 9.93. The summed E-state index contributed by atoms with van der Waals surface area (Å²) >= 11 is 1.20. The first-order valence-corrected chi connectivity index (χ1v) is 13.1. The molecule has 1 aliphatic rings. The Labute approximate surface area is 228 Å². The number of hydrogen-bond donors (Lipinski definition) is 1. The number of carbonyl (C=O) groups excluding carboxylic acids is 1. The van der Waals surface area contributed by atoms with Crippen molar-refractivity contribution >= 4 is 29.1 Å². The average molecular weight is 543 g/mol. The lowest BCUT2D eigenvalue weighted by Crippen LogP contribution is -2.40. The number of aromatic hydroxyl groups is 1. The minimum absolute atomic E-state index is 0.0377. The second kappa shape index (κ2) is 11.0. The minimum Gasteiger partial charge on any atom is -0.504 e. The summed E-state index contributed by atoms with van der Waals surface area (Å²) in [5.74, 6) is 0.328. The molecule has 1 atom stereocenters. The first-order valence-electron chi connectivity index (χ1n) is 12.2. The Morgan fingerprint density at radius 1 is 1.05 bits per heavy atom. The summed E-state index contributed by atoms with van der Waals surface area (Å²) < 4.78 is 18.0. The zero-order chi connectivity index (χ0) is 27.5. The number of nitrogens with zero attached hydrogens (tertiary/aromatic N) is 2. The first kappa shape index (κ1) is 26.0. The smallest absolute Gasteiger partial charge is 0.338 e. The molecule has 9 heteroatoms. The van der Waals surface area contributed by atoms with Gasteiger partial charge in [-0.25, -0.2) is 9.79 Å². The van der Waals surface area contributed by atoms with Crippen LogP contribution < -0.4 is 24.4 Å². The number of fused-ring (bicyclic) bond motifs is 1. The predicted molar refractivity (Wildman–Crippen MR) is 149 cm³/mol. The van der Waals surface area contributed by atoms with Gasteiger partial charge in [-0.3, -0.25) is 9.36 Å². The number of esters is 1. The molecular formula is C30H26N2O6S. The van der Waals surface area contributed by atoms with Crippen LogP contribution in [0.15, 0.2) is 88.2 Å². The molecule has 2 heterocycles. The molecule has 0 aliphatic carbocycles. The van der Waals surface area contributed by atoms with Gasteiger partial charge in [-0.05, 0) is 48.4 Å². The summed E-state index contributed by atoms with van der Waals surface area (Å²) in [5.41, 5.74) is 2.40. The zero-order valence-corrected chi connectivity index (χ0v) is 22.4. The van der Waals surface area contributed by atoms with E-state index in [1.54, 1.807) is 44.4 Å². The summed E-state index contributed by atoms with van der Waals surface area (Å²) in [6, 6.07) is 20.7. The zero-order valence-electron chi connectivity index (χ0n) is 21.6. The molecular weight excluding hydrogens is 516 g/mol. The monoisotopic (exact) mass is 542 g/mol. The number of thiazole rings is 1. The molecule has 0 bridgehead atoms. The molecule has 0 radical (unpaired) electrons. The highest BCUT2D eigenvalue weighted by Crippen LogP contribution is 2.36. The average Bonchev–Trinajstić information content (AvgIpc) is 3.27. The lowest BCUT2D eigenvalue weighted by Gasteiger charge is -2.26. The van der Waals surface area contributed by atoms with Crippen LogP contribution >= 0.6 is 11.3 Å². The van der Waals surface area contributed by atoms with Crippen LogP contribution in [-0.2, 0) is 9.53 Å². The van der Waals surface area contributed by atoms with Crippen molar-refractivity contribution in [2.24, 2.45) is 4.99 Å². The Hall–Kier alpha value is -4.63. The third kappa shape index (κ3) is 4.96. The third-order valence-electron chi connectivity index (χ3n) is 6.28. The van der Waals surface area contributed by atoms with E-state index < -0.39 is 12.0 Å². The number of methoxy groups -OCH3 is 2. The maximum absolute atomic E-state index is 13.9. The van der Waals surface area contributed by atoms with Crippen molar-refractivity contribution in [1.29, 1.82) is 0 Å². The maximum atomic E-state index is 13.9. The van der Waals surface area contributed by atoms with Gasteiger partial charge in [-0.2, -0.15) is 0 Å². The van der Waals surface area contributed by atoms with Crippen LogP contribution in [0.5, 0.6) is 17.2 Å². The van der Waals surface area contributed by atoms with Crippen LogP contribution in [0.1, 0.15) is 29.7 Å². The molecule has 3 aromatic carbocycles. The number of rotatable bonds is 7. The number of hydrogen-bond acceptors (Lipinski definition) is 8. The fraction of sp³-hybridized carbons (Fsp3) is 0.167. The van der Waals surface area contributed by atoms with E-state index in [1.165, 1.54) is 29.1 Å². The Morgan fingerprint density at radius 3 is 2.54 bits per heavy atom. The van der Waals surface area contributed by atoms with Crippen molar-refractivity contribution in [2.45, 2.75) is 13.0 Å². The Morgan fingerprint density at radius 2 is 1.85 bits per heavy atom. The van der Waals surface area contributed by atoms with Gasteiger partial charge in [0.25, 0.3) is 5.56 Å². The van der Waals surface area contributed by atoms with Gasteiger partial charge in [-0.15, -0.1) is 0 Å². The molecule has 5 rings (SSSR count). The highest BCUT2D eigenvalue weighted by atomic mass is 32.1. The maximum Gasteiger partial charge on any atom is 0.338 e. The van der Waals surface area contributed by atoms with Gasteiger partial charge in [0.05, 0.1) is 42.7 Å². The van der Waals surface area contributed by atoms with Gasteiger partial charge in [0, 0.05) is 5.56 Å². The quantitative estimate of drug-likeness (QED) is 0.358. The van der Waals surface area contributed by atoms with E-state index in [-0.39, 0.29) is 23.5 Å². The van der Waals surface area contributed by atoms with Crippen LogP contribution in [-0.4, -0.2) is 36.5 Å². The predicted octanol–water partition coefficient (Wildman–Crippen LogP) is 3.66. The SMILES string of the molecule is CCOC(=O)C1=C(c2ccccc2)N=c2s/c(=C/c3ccc(OC)c(O)c3)c(=O)n2[C@@H]1c1cccc(OC)c1. The normalized spacial score (nSPS) is 14.9. The molecule has 1 aromatic heterocycles. The van der Waals surface area contributed by atoms with Crippen LogP contribution in [0, 0.1) is 0 Å². The van der Waals surface area contributed by atoms with Crippen LogP contribution in [0.3, 0.4) is 0 Å². The van der Waals surface area contributed by atoms with Crippen molar-refractivity contribution in [2.75, 3.05) is 20.8 Å². The topological polar surface area (TPSA) is 99.4 Å². The van der Waals surface area contributed by atoms with Gasteiger partial charge in [0.2, 0.25) is 0 Å². The minimum atomic E-state index is -0.808. The number of carbonyl (C=O) groups is 1. The van der Waals surface area contributed by atoms with E-state index in [0.717, 1.165) is 5.56 Å². The molecule has 198 valence electrons. The number of phenols is 1. The number of ether oxygens (including phenoxy) is 3. The van der Waals surface area contributed by atoms with Gasteiger partial charge in [0.1, 0.15) is 5.75 Å². The number of aromatic nitrogens is 1. The van der Waals surface area contributed by atoms with Gasteiger partial charge >= 0.3 is 5.97 Å². The van der Waals surface area contributed by atoms with Crippen molar-refractivity contribution in [3.05, 3.63) is 115 Å². The summed E-state index contributed by atoms with van der Waals surface area (Å²) in [6.07, 6.45) is 1.68. The second-order valence-electron chi connectivity index (χ2n) is 8.64. The Kier molecular flexibility index (Phi) is 7.33. The molecule has 0 amide bonds. The van der Waals surface area contributed by atoms with E-state index in [4.69, 9.17) is 19.2 Å². The first-order chi connectivity index (χ1) is 18.9. The van der Waals surface area contributed by atoms with Gasteiger partial charge in [0.15, 0.2) is 16.3 Å². The fourth-order valence-corrected chi connectivity index (χ4v) is 5.52. The third-order valence-corrected chi connectivity index (χ3v) is 7.27. The van der Waals surface area contributed by atoms with Crippen molar-refractivity contribution in [3.8, 4) is 17.2 Å².